The summed E-state index contributed by atoms with van der Waals surface area (Å²) in [5.74, 6) is -0.267. The molecule has 176 valence electrons. The number of carbonyl (C=O) groups is 1. The third-order valence-electron chi connectivity index (χ3n) is 5.29. The van der Waals surface area contributed by atoms with Crippen molar-refractivity contribution < 1.29 is 19.4 Å². The topological polar surface area (TPSA) is 90.1 Å². The quantitative estimate of drug-likeness (QED) is 0.475. The van der Waals surface area contributed by atoms with E-state index < -0.39 is 12.0 Å². The average Bonchev–Trinajstić information content (AvgIpc) is 3.10. The van der Waals surface area contributed by atoms with Gasteiger partial charge in [-0.2, -0.15) is 0 Å². The van der Waals surface area contributed by atoms with Crippen LogP contribution in [0.1, 0.15) is 31.0 Å². The van der Waals surface area contributed by atoms with Crippen molar-refractivity contribution in [2.75, 3.05) is 13.7 Å². The number of fused-ring (bicyclic) bond motifs is 1. The van der Waals surface area contributed by atoms with Gasteiger partial charge in [-0.25, -0.2) is 9.79 Å². The number of benzene rings is 2. The lowest BCUT2D eigenvalue weighted by atomic mass is 9.96. The summed E-state index contributed by atoms with van der Waals surface area (Å²) in [6.07, 6.45) is 1.69. The molecule has 1 aromatic heterocycles. The molecule has 2 aromatic carbocycles. The van der Waals surface area contributed by atoms with E-state index in [0.29, 0.717) is 41.2 Å². The number of aromatic hydroxyl groups is 1. The molecule has 34 heavy (non-hydrogen) atoms. The second-order valence-electron chi connectivity index (χ2n) is 7.40. The predicted molar refractivity (Wildman–Crippen MR) is 134 cm³/mol. The maximum Gasteiger partial charge on any atom is 0.338 e. The molecule has 0 amide bonds. The minimum Gasteiger partial charge on any atom is -0.504 e. The fourth-order valence-corrected chi connectivity index (χ4v) is 5.34. The van der Waals surface area contributed by atoms with Crippen molar-refractivity contribution in [3.05, 3.63) is 88.0 Å². The smallest absolute Gasteiger partial charge is 0.338 e. The number of methoxy groups -OCH3 is 1. The summed E-state index contributed by atoms with van der Waals surface area (Å²) in [5.41, 5.74) is 1.83. The second-order valence-corrected chi connectivity index (χ2v) is 9.70. The highest BCUT2D eigenvalue weighted by Crippen LogP contribution is 2.33. The zero-order chi connectivity index (χ0) is 24.6. The number of allylic oxidation sites excluding steroid dienone is 1. The van der Waals surface area contributed by atoms with E-state index >= 15 is 0 Å². The van der Waals surface area contributed by atoms with Gasteiger partial charge in [0.15, 0.2) is 16.3 Å². The first-order valence-electron chi connectivity index (χ1n) is 10.3. The summed E-state index contributed by atoms with van der Waals surface area (Å²) in [6, 6.07) is 9.40. The first-order valence-corrected chi connectivity index (χ1v) is 12.3. The summed E-state index contributed by atoms with van der Waals surface area (Å²) in [5, 5.41) is 10.5. The molecule has 1 aliphatic heterocycles. The van der Waals surface area contributed by atoms with Gasteiger partial charge in [-0.15, -0.1) is 0 Å². The lowest BCUT2D eigenvalue weighted by Gasteiger charge is -2.24. The SMILES string of the molecule is CCOC(=O)C1=C(C)N=c2sc(=Cc3cc(OC)c(O)cc3Br)c(=O)n2[C@@H]1c1ccc(Cl)cc1. The number of aromatic nitrogens is 1. The summed E-state index contributed by atoms with van der Waals surface area (Å²) >= 11 is 10.7. The van der Waals surface area contributed by atoms with Gasteiger partial charge in [-0.1, -0.05) is 51.0 Å². The van der Waals surface area contributed by atoms with Crippen LogP contribution in [-0.2, 0) is 9.53 Å². The second kappa shape index (κ2) is 9.77. The van der Waals surface area contributed by atoms with E-state index in [1.54, 1.807) is 50.3 Å². The number of hydrogen-bond acceptors (Lipinski definition) is 7. The van der Waals surface area contributed by atoms with E-state index in [1.165, 1.54) is 29.1 Å². The van der Waals surface area contributed by atoms with Gasteiger partial charge < -0.3 is 14.6 Å². The summed E-state index contributed by atoms with van der Waals surface area (Å²) in [6.45, 7) is 3.65. The fourth-order valence-electron chi connectivity index (χ4n) is 3.73. The van der Waals surface area contributed by atoms with Crippen LogP contribution >= 0.6 is 38.9 Å². The summed E-state index contributed by atoms with van der Waals surface area (Å²) in [4.78, 5) is 31.5. The van der Waals surface area contributed by atoms with Crippen molar-refractivity contribution in [3.63, 3.8) is 0 Å². The number of thiazole rings is 1. The van der Waals surface area contributed by atoms with Crippen LogP contribution < -0.4 is 19.6 Å². The van der Waals surface area contributed by atoms with Crippen LogP contribution in [0.4, 0.5) is 0 Å². The molecule has 1 N–H and O–H groups in total. The van der Waals surface area contributed by atoms with Crippen LogP contribution in [-0.4, -0.2) is 29.4 Å². The highest BCUT2D eigenvalue weighted by molar-refractivity contribution is 9.10. The van der Waals surface area contributed by atoms with E-state index in [-0.39, 0.29) is 23.7 Å². The number of nitrogens with zero attached hydrogens (tertiary/aromatic N) is 2. The van der Waals surface area contributed by atoms with E-state index in [1.807, 2.05) is 0 Å². The maximum atomic E-state index is 13.6. The van der Waals surface area contributed by atoms with Crippen LogP contribution in [0.15, 0.2) is 61.9 Å². The molecule has 0 unspecified atom stereocenters. The number of esters is 1. The van der Waals surface area contributed by atoms with Gasteiger partial charge in [0.25, 0.3) is 5.56 Å². The number of phenolic OH excluding ortho intramolecular Hbond substituents is 1. The molecule has 2 heterocycles. The Balaban J connectivity index is 1.96. The molecule has 4 rings (SSSR count). The molecule has 0 radical (unpaired) electrons. The van der Waals surface area contributed by atoms with Gasteiger partial charge >= 0.3 is 5.97 Å². The lowest BCUT2D eigenvalue weighted by Crippen LogP contribution is -2.39. The van der Waals surface area contributed by atoms with Crippen molar-refractivity contribution in [3.8, 4) is 11.5 Å². The van der Waals surface area contributed by atoms with Crippen molar-refractivity contribution in [2.45, 2.75) is 19.9 Å². The molecule has 0 bridgehead atoms. The van der Waals surface area contributed by atoms with Gasteiger partial charge in [0, 0.05) is 9.50 Å². The van der Waals surface area contributed by atoms with Crippen molar-refractivity contribution in [2.24, 2.45) is 4.99 Å². The van der Waals surface area contributed by atoms with Gasteiger partial charge in [0.2, 0.25) is 0 Å². The molecule has 1 atom stereocenters. The molecule has 3 aromatic rings. The van der Waals surface area contributed by atoms with Crippen molar-refractivity contribution in [1.82, 2.24) is 4.57 Å². The molecule has 0 spiro atoms. The molecule has 7 nitrogen and oxygen atoms in total. The van der Waals surface area contributed by atoms with E-state index in [9.17, 15) is 14.7 Å². The predicted octanol–water partition coefficient (Wildman–Crippen LogP) is 3.93. The third kappa shape index (κ3) is 4.43. The first kappa shape index (κ1) is 24.3. The number of carbonyl (C=O) groups excluding carboxylic acids is 1. The monoisotopic (exact) mass is 562 g/mol. The van der Waals surface area contributed by atoms with Crippen LogP contribution in [0.25, 0.3) is 6.08 Å². The van der Waals surface area contributed by atoms with Crippen LogP contribution in [0, 0.1) is 0 Å². The zero-order valence-electron chi connectivity index (χ0n) is 18.5. The van der Waals surface area contributed by atoms with Gasteiger partial charge in [0.05, 0.1) is 35.6 Å². The van der Waals surface area contributed by atoms with Gasteiger partial charge in [-0.3, -0.25) is 9.36 Å². The minimum absolute atomic E-state index is 0.0228. The molecular weight excluding hydrogens is 544 g/mol. The molecule has 0 saturated heterocycles. The Labute approximate surface area is 212 Å². The molecule has 0 aliphatic carbocycles. The van der Waals surface area contributed by atoms with E-state index in [4.69, 9.17) is 21.1 Å². The van der Waals surface area contributed by atoms with E-state index in [0.717, 1.165) is 0 Å². The normalized spacial score (nSPS) is 15.7. The largest absolute Gasteiger partial charge is 0.504 e. The van der Waals surface area contributed by atoms with Crippen molar-refractivity contribution >= 4 is 50.9 Å². The molecule has 10 heteroatoms. The standard InChI is InChI=1S/C24H20BrClN2O5S/c1-4-33-23(31)20-12(2)27-24-28(21(20)13-5-7-15(26)8-6-13)22(30)19(34-24)10-14-9-18(32-3)17(29)11-16(14)25/h5-11,21,29H,4H2,1-3H3/t21-/m1/s1. The number of halogens is 2. The summed E-state index contributed by atoms with van der Waals surface area (Å²) in [7, 11) is 1.45. The Morgan fingerprint density at radius 2 is 2.03 bits per heavy atom. The first-order chi connectivity index (χ1) is 16.2. The molecule has 1 aliphatic rings. The van der Waals surface area contributed by atoms with Gasteiger partial charge in [0.1, 0.15) is 0 Å². The van der Waals surface area contributed by atoms with E-state index in [2.05, 4.69) is 20.9 Å². The molecular formula is C24H20BrClN2O5S. The highest BCUT2D eigenvalue weighted by Gasteiger charge is 2.33. The maximum absolute atomic E-state index is 13.6. The Kier molecular flexibility index (Phi) is 6.97. The Morgan fingerprint density at radius 1 is 1.32 bits per heavy atom. The number of rotatable bonds is 5. The van der Waals surface area contributed by atoms with Crippen LogP contribution in [0.2, 0.25) is 5.02 Å². The minimum atomic E-state index is -0.715. The Bertz CT molecular complexity index is 1490. The lowest BCUT2D eigenvalue weighted by molar-refractivity contribution is -0.139. The zero-order valence-corrected chi connectivity index (χ0v) is 21.6. The summed E-state index contributed by atoms with van der Waals surface area (Å²) < 4.78 is 13.0. The third-order valence-corrected chi connectivity index (χ3v) is 7.21. The fraction of sp³-hybridized carbons (Fsp3) is 0.208. The highest BCUT2D eigenvalue weighted by atomic mass is 79.9. The number of hydrogen-bond donors (Lipinski definition) is 1. The molecule has 0 fully saturated rings. The van der Waals surface area contributed by atoms with Crippen LogP contribution in [0.3, 0.4) is 0 Å². The average molecular weight is 564 g/mol. The Hall–Kier alpha value is -2.88. The van der Waals surface area contributed by atoms with Crippen molar-refractivity contribution in [1.29, 1.82) is 0 Å². The van der Waals surface area contributed by atoms with Gasteiger partial charge in [-0.05, 0) is 55.3 Å². The Morgan fingerprint density at radius 3 is 2.68 bits per heavy atom. The number of phenols is 1. The molecule has 0 saturated carbocycles. The van der Waals surface area contributed by atoms with Crippen LogP contribution in [0.5, 0.6) is 11.5 Å². The number of ether oxygens (including phenoxy) is 2.